The van der Waals surface area contributed by atoms with Gasteiger partial charge in [-0.15, -0.1) is 0 Å². The molecule has 0 saturated heterocycles. The molecule has 0 aliphatic heterocycles. The molecule has 0 atom stereocenters. The van der Waals surface area contributed by atoms with Crippen LogP contribution in [0.5, 0.6) is 5.88 Å². The highest BCUT2D eigenvalue weighted by atomic mass is 35.5. The van der Waals surface area contributed by atoms with Crippen LogP contribution in [0.1, 0.15) is 0 Å². The lowest BCUT2D eigenvalue weighted by Crippen LogP contribution is -1.95. The molecule has 3 nitrogen and oxygen atoms in total. The molecule has 1 N–H and O–H groups in total. The van der Waals surface area contributed by atoms with E-state index >= 15 is 0 Å². The summed E-state index contributed by atoms with van der Waals surface area (Å²) in [7, 11) is 1.57. The first-order valence-electron chi connectivity index (χ1n) is 5.50. The number of halogens is 2. The molecule has 2 aromatic rings. The van der Waals surface area contributed by atoms with Crippen molar-refractivity contribution < 1.29 is 4.74 Å². The molecular formula is C13H12Cl2N2OS. The molecule has 1 heterocycles. The van der Waals surface area contributed by atoms with E-state index in [1.807, 2.05) is 18.2 Å². The van der Waals surface area contributed by atoms with Gasteiger partial charge in [-0.2, -0.15) is 12.6 Å². The van der Waals surface area contributed by atoms with Gasteiger partial charge in [0.1, 0.15) is 0 Å². The van der Waals surface area contributed by atoms with Gasteiger partial charge < -0.3 is 10.1 Å². The highest BCUT2D eigenvalue weighted by molar-refractivity contribution is 7.80. The molecule has 0 aliphatic carbocycles. The number of pyridine rings is 1. The predicted octanol–water partition coefficient (Wildman–Crippen LogP) is 4.36. The van der Waals surface area contributed by atoms with E-state index in [0.717, 1.165) is 16.8 Å². The smallest absolute Gasteiger partial charge is 0.212 e. The summed E-state index contributed by atoms with van der Waals surface area (Å²) >= 11 is 16.6. The van der Waals surface area contributed by atoms with Crippen molar-refractivity contribution in [1.29, 1.82) is 0 Å². The van der Waals surface area contributed by atoms with Crippen molar-refractivity contribution in [1.82, 2.24) is 4.98 Å². The van der Waals surface area contributed by atoms with Gasteiger partial charge >= 0.3 is 0 Å². The summed E-state index contributed by atoms with van der Waals surface area (Å²) in [5, 5.41) is 4.16. The summed E-state index contributed by atoms with van der Waals surface area (Å²) in [6, 6.07) is 7.25. The molecule has 0 radical (unpaired) electrons. The Balaban J connectivity index is 2.43. The molecule has 100 valence electrons. The Morgan fingerprint density at radius 1 is 1.26 bits per heavy atom. The lowest BCUT2D eigenvalue weighted by Gasteiger charge is -2.11. The molecule has 0 spiro atoms. The molecule has 0 amide bonds. The van der Waals surface area contributed by atoms with Gasteiger partial charge in [-0.25, -0.2) is 4.98 Å². The zero-order valence-electron chi connectivity index (χ0n) is 10.2. The van der Waals surface area contributed by atoms with E-state index in [2.05, 4.69) is 22.9 Å². The van der Waals surface area contributed by atoms with Gasteiger partial charge in [0.05, 0.1) is 23.0 Å². The summed E-state index contributed by atoms with van der Waals surface area (Å²) < 4.78 is 5.02. The zero-order chi connectivity index (χ0) is 13.8. The second kappa shape index (κ2) is 6.37. The quantitative estimate of drug-likeness (QED) is 0.650. The number of nitrogens with zero attached hydrogens (tertiary/aromatic N) is 1. The van der Waals surface area contributed by atoms with Gasteiger partial charge in [0, 0.05) is 29.1 Å². The summed E-state index contributed by atoms with van der Waals surface area (Å²) in [5.41, 5.74) is 2.42. The van der Waals surface area contributed by atoms with E-state index in [1.54, 1.807) is 19.4 Å². The Hall–Kier alpha value is -1.10. The second-order valence-electron chi connectivity index (χ2n) is 3.74. The van der Waals surface area contributed by atoms with E-state index in [-0.39, 0.29) is 0 Å². The van der Waals surface area contributed by atoms with E-state index in [1.165, 1.54) is 0 Å². The third-order valence-electron chi connectivity index (χ3n) is 2.56. The van der Waals surface area contributed by atoms with Crippen LogP contribution >= 0.6 is 35.8 Å². The van der Waals surface area contributed by atoms with E-state index in [4.69, 9.17) is 27.9 Å². The van der Waals surface area contributed by atoms with Crippen molar-refractivity contribution in [3.8, 4) is 17.0 Å². The number of ether oxygens (including phenoxy) is 1. The number of benzene rings is 1. The Bertz CT molecular complexity index is 552. The normalized spacial score (nSPS) is 10.3. The van der Waals surface area contributed by atoms with Gasteiger partial charge in [0.2, 0.25) is 5.88 Å². The first-order chi connectivity index (χ1) is 9.15. The number of hydrogen-bond donors (Lipinski definition) is 2. The van der Waals surface area contributed by atoms with E-state index in [0.29, 0.717) is 21.8 Å². The predicted molar refractivity (Wildman–Crippen MR) is 83.7 cm³/mol. The highest BCUT2D eigenvalue weighted by Crippen LogP contribution is 2.37. The van der Waals surface area contributed by atoms with Crippen LogP contribution in [0.2, 0.25) is 10.0 Å². The summed E-state index contributed by atoms with van der Waals surface area (Å²) in [6.45, 7) is 0. The number of anilines is 1. The van der Waals surface area contributed by atoms with Crippen LogP contribution in [0.4, 0.5) is 5.69 Å². The van der Waals surface area contributed by atoms with Gasteiger partial charge in [0.15, 0.2) is 0 Å². The van der Waals surface area contributed by atoms with Crippen molar-refractivity contribution >= 4 is 41.5 Å². The third kappa shape index (κ3) is 3.26. The van der Waals surface area contributed by atoms with Crippen LogP contribution in [-0.2, 0) is 0 Å². The monoisotopic (exact) mass is 314 g/mol. The van der Waals surface area contributed by atoms with Gasteiger partial charge in [0.25, 0.3) is 0 Å². The third-order valence-corrected chi connectivity index (χ3v) is 3.31. The molecule has 1 aromatic carbocycles. The fourth-order valence-corrected chi connectivity index (χ4v) is 2.58. The van der Waals surface area contributed by atoms with Crippen LogP contribution in [0, 0.1) is 0 Å². The fraction of sp³-hybridized carbons (Fsp3) is 0.154. The van der Waals surface area contributed by atoms with Crippen LogP contribution in [-0.4, -0.2) is 18.0 Å². The Labute approximate surface area is 127 Å². The van der Waals surface area contributed by atoms with Gasteiger partial charge in [-0.05, 0) is 18.2 Å². The van der Waals surface area contributed by atoms with Crippen molar-refractivity contribution in [2.45, 2.75) is 0 Å². The van der Waals surface area contributed by atoms with Crippen molar-refractivity contribution in [3.63, 3.8) is 0 Å². The molecule has 6 heteroatoms. The van der Waals surface area contributed by atoms with Crippen molar-refractivity contribution in [2.75, 3.05) is 18.3 Å². The second-order valence-corrected chi connectivity index (χ2v) is 4.87. The molecule has 0 unspecified atom stereocenters. The van der Waals surface area contributed by atoms with Crippen molar-refractivity contribution in [2.24, 2.45) is 0 Å². The molecular weight excluding hydrogens is 303 g/mol. The molecule has 0 aliphatic rings. The first-order valence-corrected chi connectivity index (χ1v) is 6.88. The molecule has 19 heavy (non-hydrogen) atoms. The Kier molecular flexibility index (Phi) is 4.80. The van der Waals surface area contributed by atoms with E-state index < -0.39 is 0 Å². The number of nitrogens with one attached hydrogen (secondary N) is 1. The Morgan fingerprint density at radius 2 is 1.95 bits per heavy atom. The minimum Gasteiger partial charge on any atom is -0.481 e. The first kappa shape index (κ1) is 14.3. The van der Waals surface area contributed by atoms with Crippen molar-refractivity contribution in [3.05, 3.63) is 40.5 Å². The van der Waals surface area contributed by atoms with Crippen LogP contribution in [0.3, 0.4) is 0 Å². The number of aromatic nitrogens is 1. The molecule has 2 rings (SSSR count). The number of thiol groups is 1. The lowest BCUT2D eigenvalue weighted by molar-refractivity contribution is 0.398. The summed E-state index contributed by atoms with van der Waals surface area (Å²) in [5.74, 6) is 1.06. The molecule has 1 aromatic heterocycles. The maximum atomic E-state index is 6.27. The average Bonchev–Trinajstić information content (AvgIpc) is 2.39. The van der Waals surface area contributed by atoms with Crippen LogP contribution in [0.15, 0.2) is 30.5 Å². The molecule has 0 saturated carbocycles. The standard InChI is InChI=1S/C13H12Cl2N2OS/c1-18-12-3-2-8(6-16-12)13-10(14)4-9(17-7-19)5-11(13)15/h2-6,17,19H,7H2,1H3. The van der Waals surface area contributed by atoms with E-state index in [9.17, 15) is 0 Å². The fourth-order valence-electron chi connectivity index (χ4n) is 1.69. The SMILES string of the molecule is COc1ccc(-c2c(Cl)cc(NCS)cc2Cl)cn1. The minimum atomic E-state index is 0.510. The molecule has 0 bridgehead atoms. The topological polar surface area (TPSA) is 34.1 Å². The van der Waals surface area contributed by atoms with Gasteiger partial charge in [-0.1, -0.05) is 23.2 Å². The summed E-state index contributed by atoms with van der Waals surface area (Å²) in [4.78, 5) is 4.15. The van der Waals surface area contributed by atoms with Crippen LogP contribution in [0.25, 0.3) is 11.1 Å². The largest absolute Gasteiger partial charge is 0.481 e. The number of rotatable bonds is 4. The summed E-state index contributed by atoms with van der Waals surface area (Å²) in [6.07, 6.45) is 1.68. The minimum absolute atomic E-state index is 0.510. The highest BCUT2D eigenvalue weighted by Gasteiger charge is 2.11. The maximum absolute atomic E-state index is 6.27. The van der Waals surface area contributed by atoms with Gasteiger partial charge in [-0.3, -0.25) is 0 Å². The molecule has 0 fully saturated rings. The van der Waals surface area contributed by atoms with Crippen LogP contribution < -0.4 is 10.1 Å². The maximum Gasteiger partial charge on any atom is 0.212 e. The average molecular weight is 315 g/mol. The Morgan fingerprint density at radius 3 is 2.42 bits per heavy atom. The number of hydrogen-bond acceptors (Lipinski definition) is 4. The number of methoxy groups -OCH3 is 1. The lowest BCUT2D eigenvalue weighted by atomic mass is 10.1. The zero-order valence-corrected chi connectivity index (χ0v) is 12.6.